The van der Waals surface area contributed by atoms with Gasteiger partial charge in [-0.15, -0.1) is 0 Å². The molecule has 0 aliphatic rings. The van der Waals surface area contributed by atoms with Crippen molar-refractivity contribution in [2.75, 3.05) is 18.5 Å². The van der Waals surface area contributed by atoms with Crippen molar-refractivity contribution in [1.82, 2.24) is 0 Å². The lowest BCUT2D eigenvalue weighted by molar-refractivity contribution is -0.118. The van der Waals surface area contributed by atoms with Crippen LogP contribution in [0.4, 0.5) is 5.69 Å². The molecule has 0 saturated heterocycles. The highest BCUT2D eigenvalue weighted by Gasteiger charge is 2.04. The minimum absolute atomic E-state index is 0.447. The van der Waals surface area contributed by atoms with Crippen LogP contribution < -0.4 is 10.1 Å². The van der Waals surface area contributed by atoms with Crippen molar-refractivity contribution in [3.8, 4) is 5.75 Å². The van der Waals surface area contributed by atoms with Crippen LogP contribution in [0, 0.1) is 0 Å². The summed E-state index contributed by atoms with van der Waals surface area (Å²) < 4.78 is 5.29. The second-order valence-corrected chi connectivity index (χ2v) is 2.64. The third-order valence-corrected chi connectivity index (χ3v) is 1.60. The first-order valence-corrected chi connectivity index (χ1v) is 4.40. The molecule has 76 valence electrons. The summed E-state index contributed by atoms with van der Waals surface area (Å²) in [6, 6.07) is 7.09. The van der Waals surface area contributed by atoms with Crippen LogP contribution in [0.1, 0.15) is 6.92 Å². The van der Waals surface area contributed by atoms with Gasteiger partial charge < -0.3 is 15.2 Å². The number of anilines is 1. The first kappa shape index (κ1) is 10.5. The maximum Gasteiger partial charge on any atom is 0.250 e. The summed E-state index contributed by atoms with van der Waals surface area (Å²) in [6.45, 7) is 1.87. The zero-order valence-corrected chi connectivity index (χ0v) is 7.99. The van der Waals surface area contributed by atoms with Gasteiger partial charge in [0.05, 0.1) is 12.3 Å². The molecule has 4 nitrogen and oxygen atoms in total. The monoisotopic (exact) mass is 195 g/mol. The second-order valence-electron chi connectivity index (χ2n) is 2.64. The van der Waals surface area contributed by atoms with Crippen LogP contribution in [0.5, 0.6) is 5.75 Å². The van der Waals surface area contributed by atoms with E-state index in [1.165, 1.54) is 0 Å². The van der Waals surface area contributed by atoms with Crippen molar-refractivity contribution < 1.29 is 14.6 Å². The number of para-hydroxylation sites is 2. The summed E-state index contributed by atoms with van der Waals surface area (Å²) in [5.41, 5.74) is 0.577. The predicted octanol–water partition coefficient (Wildman–Crippen LogP) is 1.02. The molecular weight excluding hydrogens is 182 g/mol. The molecule has 0 aromatic heterocycles. The van der Waals surface area contributed by atoms with Crippen LogP contribution in [0.2, 0.25) is 0 Å². The smallest absolute Gasteiger partial charge is 0.250 e. The highest BCUT2D eigenvalue weighted by molar-refractivity contribution is 5.92. The van der Waals surface area contributed by atoms with Crippen molar-refractivity contribution in [1.29, 1.82) is 0 Å². The maximum absolute atomic E-state index is 10.9. The lowest BCUT2D eigenvalue weighted by Crippen LogP contribution is -2.16. The van der Waals surface area contributed by atoms with Gasteiger partial charge in [0.15, 0.2) is 0 Å². The molecule has 1 aromatic carbocycles. The van der Waals surface area contributed by atoms with E-state index in [9.17, 15) is 4.79 Å². The van der Waals surface area contributed by atoms with Gasteiger partial charge in [0.25, 0.3) is 0 Å². The molecule has 0 spiro atoms. The number of rotatable bonds is 4. The van der Waals surface area contributed by atoms with Gasteiger partial charge in [-0.2, -0.15) is 0 Å². The van der Waals surface area contributed by atoms with E-state index >= 15 is 0 Å². The summed E-state index contributed by atoms with van der Waals surface area (Å²) >= 11 is 0. The Morgan fingerprint density at radius 3 is 2.86 bits per heavy atom. The highest BCUT2D eigenvalue weighted by atomic mass is 16.5. The number of hydrogen-bond donors (Lipinski definition) is 2. The molecule has 1 aromatic rings. The summed E-state index contributed by atoms with van der Waals surface area (Å²) in [5.74, 6) is 0.161. The number of aliphatic hydroxyl groups is 1. The van der Waals surface area contributed by atoms with Crippen LogP contribution in [0.15, 0.2) is 24.3 Å². The molecule has 1 amide bonds. The maximum atomic E-state index is 10.9. The molecule has 14 heavy (non-hydrogen) atoms. The zero-order chi connectivity index (χ0) is 10.4. The number of carbonyl (C=O) groups is 1. The average Bonchev–Trinajstić information content (AvgIpc) is 2.21. The number of benzene rings is 1. The Balaban J connectivity index is 2.78. The highest BCUT2D eigenvalue weighted by Crippen LogP contribution is 2.23. The Hall–Kier alpha value is -1.55. The Bertz CT molecular complexity index is 312. The molecule has 0 heterocycles. The van der Waals surface area contributed by atoms with E-state index < -0.39 is 12.5 Å². The summed E-state index contributed by atoms with van der Waals surface area (Å²) in [7, 11) is 0. The lowest BCUT2D eigenvalue weighted by Gasteiger charge is -2.09. The predicted molar refractivity (Wildman–Crippen MR) is 53.3 cm³/mol. The quantitative estimate of drug-likeness (QED) is 0.754. The minimum atomic E-state index is -0.527. The number of hydrogen-bond acceptors (Lipinski definition) is 3. The van der Waals surface area contributed by atoms with E-state index in [4.69, 9.17) is 9.84 Å². The second kappa shape index (κ2) is 5.24. The molecule has 0 aliphatic carbocycles. The van der Waals surface area contributed by atoms with Crippen molar-refractivity contribution in [2.24, 2.45) is 0 Å². The van der Waals surface area contributed by atoms with E-state index in [0.29, 0.717) is 18.0 Å². The van der Waals surface area contributed by atoms with Gasteiger partial charge >= 0.3 is 0 Å². The van der Waals surface area contributed by atoms with Crippen molar-refractivity contribution in [3.63, 3.8) is 0 Å². The molecule has 4 heteroatoms. The summed E-state index contributed by atoms with van der Waals surface area (Å²) in [4.78, 5) is 10.9. The van der Waals surface area contributed by atoms with Crippen LogP contribution >= 0.6 is 0 Å². The first-order chi connectivity index (χ1) is 6.77. The van der Waals surface area contributed by atoms with Gasteiger partial charge in [-0.25, -0.2) is 0 Å². The van der Waals surface area contributed by atoms with Crippen molar-refractivity contribution in [2.45, 2.75) is 6.92 Å². The molecule has 0 radical (unpaired) electrons. The summed E-state index contributed by atoms with van der Waals surface area (Å²) in [6.07, 6.45) is 0. The average molecular weight is 195 g/mol. The van der Waals surface area contributed by atoms with Gasteiger partial charge in [0.2, 0.25) is 5.91 Å². The Labute approximate surface area is 82.5 Å². The van der Waals surface area contributed by atoms with Crippen LogP contribution in [-0.4, -0.2) is 24.2 Å². The summed E-state index contributed by atoms with van der Waals surface area (Å²) in [5, 5.41) is 11.1. The van der Waals surface area contributed by atoms with Crippen LogP contribution in [0.3, 0.4) is 0 Å². The minimum Gasteiger partial charge on any atom is -0.492 e. The Kier molecular flexibility index (Phi) is 3.94. The standard InChI is InChI=1S/C10H13NO3/c1-2-14-9-6-4-3-5-8(9)11-10(13)7-12/h3-6,12H,2,7H2,1H3,(H,11,13). The van der Waals surface area contributed by atoms with Gasteiger partial charge in [-0.3, -0.25) is 4.79 Å². The molecule has 2 N–H and O–H groups in total. The SMILES string of the molecule is CCOc1ccccc1NC(=O)CO. The molecule has 1 rings (SSSR count). The number of ether oxygens (including phenoxy) is 1. The van der Waals surface area contributed by atoms with Gasteiger partial charge in [0.1, 0.15) is 12.4 Å². The van der Waals surface area contributed by atoms with E-state index in [-0.39, 0.29) is 0 Å². The van der Waals surface area contributed by atoms with E-state index in [2.05, 4.69) is 5.32 Å². The normalized spacial score (nSPS) is 9.57. The molecule has 0 fully saturated rings. The number of carbonyl (C=O) groups excluding carboxylic acids is 1. The molecule has 0 saturated carbocycles. The van der Waals surface area contributed by atoms with Gasteiger partial charge in [-0.1, -0.05) is 12.1 Å². The number of amides is 1. The first-order valence-electron chi connectivity index (χ1n) is 4.40. The largest absolute Gasteiger partial charge is 0.492 e. The van der Waals surface area contributed by atoms with Crippen LogP contribution in [0.25, 0.3) is 0 Å². The molecule has 0 unspecified atom stereocenters. The Morgan fingerprint density at radius 2 is 2.21 bits per heavy atom. The van der Waals surface area contributed by atoms with Crippen LogP contribution in [-0.2, 0) is 4.79 Å². The third-order valence-electron chi connectivity index (χ3n) is 1.60. The molecule has 0 aliphatic heterocycles. The fourth-order valence-corrected chi connectivity index (χ4v) is 1.04. The molecular formula is C10H13NO3. The fourth-order valence-electron chi connectivity index (χ4n) is 1.04. The van der Waals surface area contributed by atoms with E-state index in [1.807, 2.05) is 13.0 Å². The van der Waals surface area contributed by atoms with Crippen molar-refractivity contribution >= 4 is 11.6 Å². The lowest BCUT2D eigenvalue weighted by atomic mass is 10.3. The molecule has 0 bridgehead atoms. The third kappa shape index (κ3) is 2.74. The fraction of sp³-hybridized carbons (Fsp3) is 0.300. The van der Waals surface area contributed by atoms with E-state index in [0.717, 1.165) is 0 Å². The Morgan fingerprint density at radius 1 is 1.50 bits per heavy atom. The van der Waals surface area contributed by atoms with Gasteiger partial charge in [-0.05, 0) is 19.1 Å². The van der Waals surface area contributed by atoms with Crippen molar-refractivity contribution in [3.05, 3.63) is 24.3 Å². The van der Waals surface area contributed by atoms with E-state index in [1.54, 1.807) is 18.2 Å². The molecule has 0 atom stereocenters. The van der Waals surface area contributed by atoms with Gasteiger partial charge in [0, 0.05) is 0 Å². The topological polar surface area (TPSA) is 58.6 Å². The zero-order valence-electron chi connectivity index (χ0n) is 7.99. The number of nitrogens with one attached hydrogen (secondary N) is 1. The number of aliphatic hydroxyl groups excluding tert-OH is 1.